The van der Waals surface area contributed by atoms with Gasteiger partial charge in [-0.1, -0.05) is 18.2 Å². The van der Waals surface area contributed by atoms with Crippen molar-refractivity contribution in [2.24, 2.45) is 0 Å². The van der Waals surface area contributed by atoms with Gasteiger partial charge in [0, 0.05) is 0 Å². The van der Waals surface area contributed by atoms with Crippen LogP contribution in [-0.2, 0) is 29.5 Å². The minimum atomic E-state index is -4.34. The summed E-state index contributed by atoms with van der Waals surface area (Å²) in [7, 11) is -4.34. The summed E-state index contributed by atoms with van der Waals surface area (Å²) in [6.07, 6.45) is 3.47. The molecule has 1 aromatic carbocycles. The highest BCUT2D eigenvalue weighted by atomic mass is 32.3. The number of hydrogen-bond donors (Lipinski definition) is 0. The van der Waals surface area contributed by atoms with Gasteiger partial charge < -0.3 is 0 Å². The molecule has 0 amide bonds. The van der Waals surface area contributed by atoms with Crippen LogP contribution in [0.4, 0.5) is 3.89 Å². The van der Waals surface area contributed by atoms with Gasteiger partial charge in [-0.15, -0.1) is 3.89 Å². The van der Waals surface area contributed by atoms with Gasteiger partial charge in [-0.3, -0.25) is 0 Å². The normalized spacial score (nSPS) is 15.3. The number of hydrogen-bond acceptors (Lipinski definition) is 2. The van der Waals surface area contributed by atoms with Crippen LogP contribution < -0.4 is 0 Å². The van der Waals surface area contributed by atoms with Crippen molar-refractivity contribution in [2.75, 3.05) is 5.75 Å². The molecule has 0 saturated carbocycles. The van der Waals surface area contributed by atoms with E-state index in [0.29, 0.717) is 6.42 Å². The maximum atomic E-state index is 12.4. The lowest BCUT2D eigenvalue weighted by Crippen LogP contribution is -2.04. The molecular weight excluding hydrogens is 215 g/mol. The van der Waals surface area contributed by atoms with Crippen LogP contribution >= 0.6 is 0 Å². The Balaban J connectivity index is 2.19. The van der Waals surface area contributed by atoms with Gasteiger partial charge in [0.05, 0.1) is 5.75 Å². The molecule has 0 heterocycles. The molecule has 0 saturated heterocycles. The second kappa shape index (κ2) is 3.93. The van der Waals surface area contributed by atoms with Crippen molar-refractivity contribution in [3.63, 3.8) is 0 Å². The van der Waals surface area contributed by atoms with Gasteiger partial charge >= 0.3 is 10.2 Å². The smallest absolute Gasteiger partial charge is 0.195 e. The minimum absolute atomic E-state index is 0.294. The summed E-state index contributed by atoms with van der Waals surface area (Å²) in [4.78, 5) is 0. The van der Waals surface area contributed by atoms with E-state index in [1.807, 2.05) is 12.1 Å². The molecule has 0 N–H and O–H groups in total. The second-order valence-electron chi connectivity index (χ2n) is 3.90. The van der Waals surface area contributed by atoms with E-state index in [1.54, 1.807) is 0 Å². The average molecular weight is 228 g/mol. The molecule has 1 aromatic rings. The molecule has 0 bridgehead atoms. The van der Waals surface area contributed by atoms with E-state index in [0.717, 1.165) is 24.8 Å². The Morgan fingerprint density at radius 1 is 1.27 bits per heavy atom. The van der Waals surface area contributed by atoms with Crippen molar-refractivity contribution >= 4 is 10.2 Å². The molecule has 0 aliphatic heterocycles. The summed E-state index contributed by atoms with van der Waals surface area (Å²) in [5, 5.41) is 0. The highest BCUT2D eigenvalue weighted by Gasteiger charge is 2.16. The van der Waals surface area contributed by atoms with E-state index in [9.17, 15) is 12.3 Å². The first kappa shape index (κ1) is 10.6. The first-order valence-corrected chi connectivity index (χ1v) is 6.63. The third-order valence-corrected chi connectivity index (χ3v) is 3.55. The maximum Gasteiger partial charge on any atom is 0.302 e. The van der Waals surface area contributed by atoms with E-state index in [-0.39, 0.29) is 0 Å². The fraction of sp³-hybridized carbons (Fsp3) is 0.455. The highest BCUT2D eigenvalue weighted by Crippen LogP contribution is 2.25. The highest BCUT2D eigenvalue weighted by molar-refractivity contribution is 7.86. The molecule has 2 rings (SSSR count). The third-order valence-electron chi connectivity index (χ3n) is 2.86. The Bertz CT molecular complexity index is 465. The van der Waals surface area contributed by atoms with Crippen molar-refractivity contribution in [3.8, 4) is 0 Å². The quantitative estimate of drug-likeness (QED) is 0.742. The van der Waals surface area contributed by atoms with Crippen molar-refractivity contribution in [3.05, 3.63) is 34.9 Å². The number of benzene rings is 1. The first-order valence-electron chi connectivity index (χ1n) is 5.08. The molecule has 0 spiro atoms. The number of rotatable bonds is 3. The molecule has 0 fully saturated rings. The van der Waals surface area contributed by atoms with Gasteiger partial charge in [-0.05, 0) is 42.4 Å². The molecule has 1 aliphatic rings. The van der Waals surface area contributed by atoms with E-state index in [4.69, 9.17) is 0 Å². The summed E-state index contributed by atoms with van der Waals surface area (Å²) in [6, 6.07) is 5.88. The van der Waals surface area contributed by atoms with Gasteiger partial charge in [0.2, 0.25) is 0 Å². The zero-order chi connectivity index (χ0) is 10.9. The summed E-state index contributed by atoms with van der Waals surface area (Å²) >= 11 is 0. The number of halogens is 1. The zero-order valence-electron chi connectivity index (χ0n) is 8.37. The van der Waals surface area contributed by atoms with Crippen LogP contribution in [0, 0.1) is 0 Å². The summed E-state index contributed by atoms with van der Waals surface area (Å²) in [5.74, 6) is -0.399. The minimum Gasteiger partial charge on any atom is -0.195 e. The average Bonchev–Trinajstić information content (AvgIpc) is 2.61. The molecular formula is C11H13FO2S. The van der Waals surface area contributed by atoms with Gasteiger partial charge in [0.15, 0.2) is 0 Å². The Kier molecular flexibility index (Phi) is 2.78. The lowest BCUT2D eigenvalue weighted by molar-refractivity contribution is 0.551. The molecule has 82 valence electrons. The van der Waals surface area contributed by atoms with Crippen LogP contribution in [0.3, 0.4) is 0 Å². The van der Waals surface area contributed by atoms with E-state index in [1.165, 1.54) is 11.1 Å². The molecule has 0 unspecified atom stereocenters. The number of fused-ring (bicyclic) bond motifs is 1. The molecule has 0 radical (unpaired) electrons. The van der Waals surface area contributed by atoms with Gasteiger partial charge in [0.25, 0.3) is 0 Å². The summed E-state index contributed by atoms with van der Waals surface area (Å²) < 4.78 is 33.3. The van der Waals surface area contributed by atoms with Crippen LogP contribution in [0.5, 0.6) is 0 Å². The monoisotopic (exact) mass is 228 g/mol. The van der Waals surface area contributed by atoms with E-state index < -0.39 is 16.0 Å². The largest absolute Gasteiger partial charge is 0.302 e. The van der Waals surface area contributed by atoms with Crippen molar-refractivity contribution < 1.29 is 12.3 Å². The molecule has 2 nitrogen and oxygen atoms in total. The van der Waals surface area contributed by atoms with Crippen LogP contribution in [0.25, 0.3) is 0 Å². The van der Waals surface area contributed by atoms with Crippen molar-refractivity contribution in [1.29, 1.82) is 0 Å². The van der Waals surface area contributed by atoms with Crippen molar-refractivity contribution in [2.45, 2.75) is 25.7 Å². The predicted molar refractivity (Wildman–Crippen MR) is 57.1 cm³/mol. The molecule has 4 heteroatoms. The Hall–Kier alpha value is -0.900. The molecule has 15 heavy (non-hydrogen) atoms. The zero-order valence-corrected chi connectivity index (χ0v) is 9.19. The predicted octanol–water partition coefficient (Wildman–Crippen LogP) is 2.02. The van der Waals surface area contributed by atoms with E-state index >= 15 is 0 Å². The lowest BCUT2D eigenvalue weighted by Gasteiger charge is -2.06. The van der Waals surface area contributed by atoms with E-state index in [2.05, 4.69) is 6.07 Å². The van der Waals surface area contributed by atoms with Crippen LogP contribution in [0.1, 0.15) is 23.1 Å². The van der Waals surface area contributed by atoms with Gasteiger partial charge in [0.1, 0.15) is 0 Å². The Labute approximate surface area is 89.3 Å². The molecule has 0 aromatic heterocycles. The maximum absolute atomic E-state index is 12.4. The van der Waals surface area contributed by atoms with Gasteiger partial charge in [-0.2, -0.15) is 8.42 Å². The fourth-order valence-corrected chi connectivity index (χ4v) is 2.63. The van der Waals surface area contributed by atoms with Crippen LogP contribution in [0.15, 0.2) is 18.2 Å². The van der Waals surface area contributed by atoms with Crippen LogP contribution in [-0.4, -0.2) is 14.2 Å². The fourth-order valence-electron chi connectivity index (χ4n) is 2.16. The standard InChI is InChI=1S/C11H13FO2S/c12-15(13,14)8-7-10-4-1-3-9-5-2-6-11(9)10/h1,3-4H,2,5-8H2. The summed E-state index contributed by atoms with van der Waals surface area (Å²) in [6.45, 7) is 0. The topological polar surface area (TPSA) is 34.1 Å². The third kappa shape index (κ3) is 2.56. The lowest BCUT2D eigenvalue weighted by atomic mass is 10.0. The molecule has 0 atom stereocenters. The second-order valence-corrected chi connectivity index (χ2v) is 5.39. The first-order chi connectivity index (χ1) is 7.06. The van der Waals surface area contributed by atoms with Crippen LogP contribution in [0.2, 0.25) is 0 Å². The Morgan fingerprint density at radius 3 is 2.80 bits per heavy atom. The van der Waals surface area contributed by atoms with Gasteiger partial charge in [-0.25, -0.2) is 0 Å². The Morgan fingerprint density at radius 2 is 2.07 bits per heavy atom. The van der Waals surface area contributed by atoms with Crippen molar-refractivity contribution in [1.82, 2.24) is 0 Å². The SMILES string of the molecule is O=S(=O)(F)CCc1cccc2c1CCC2. The summed E-state index contributed by atoms with van der Waals surface area (Å²) in [5.41, 5.74) is 3.52. The number of aryl methyl sites for hydroxylation is 2. The molecule has 1 aliphatic carbocycles.